The molecule has 1 N–H and O–H groups in total. The number of fused-ring (bicyclic) bond motifs is 1. The summed E-state index contributed by atoms with van der Waals surface area (Å²) in [4.78, 5) is 14.1. The number of rotatable bonds is 8. The summed E-state index contributed by atoms with van der Waals surface area (Å²) in [7, 11) is 1.70. The summed E-state index contributed by atoms with van der Waals surface area (Å²) in [6.45, 7) is 9.42. The van der Waals surface area contributed by atoms with Crippen LogP contribution in [0.15, 0.2) is 30.3 Å². The van der Waals surface area contributed by atoms with Gasteiger partial charge in [0.15, 0.2) is 5.82 Å². The second kappa shape index (κ2) is 10.4. The van der Waals surface area contributed by atoms with E-state index in [1.54, 1.807) is 14.0 Å². The van der Waals surface area contributed by atoms with Crippen molar-refractivity contribution in [3.63, 3.8) is 0 Å². The molecule has 2 aromatic rings. The smallest absolute Gasteiger partial charge is 0.217 e. The minimum atomic E-state index is -0.0965. The molecule has 1 aromatic carbocycles. The van der Waals surface area contributed by atoms with Crippen LogP contribution in [0.2, 0.25) is 0 Å². The fourth-order valence-electron chi connectivity index (χ4n) is 3.91. The van der Waals surface area contributed by atoms with Gasteiger partial charge in [0.25, 0.3) is 0 Å². The zero-order valence-corrected chi connectivity index (χ0v) is 18.5. The quantitative estimate of drug-likeness (QED) is 0.723. The molecule has 0 saturated carbocycles. The van der Waals surface area contributed by atoms with Gasteiger partial charge in [-0.25, -0.2) is 0 Å². The predicted octanol–water partition coefficient (Wildman–Crippen LogP) is 3.08. The minimum absolute atomic E-state index is 0.0327. The van der Waals surface area contributed by atoms with Crippen molar-refractivity contribution in [2.75, 3.05) is 26.7 Å². The van der Waals surface area contributed by atoms with Gasteiger partial charge < -0.3 is 14.6 Å². The van der Waals surface area contributed by atoms with E-state index in [0.29, 0.717) is 5.92 Å². The van der Waals surface area contributed by atoms with Crippen LogP contribution >= 0.6 is 0 Å². The predicted molar refractivity (Wildman–Crippen MR) is 118 cm³/mol. The molecule has 1 amide bonds. The molecule has 1 unspecified atom stereocenters. The third-order valence-electron chi connectivity index (χ3n) is 5.34. The Labute approximate surface area is 179 Å². The lowest BCUT2D eigenvalue weighted by atomic mass is 10.0. The average molecular weight is 412 g/mol. The molecule has 2 heterocycles. The first-order valence-corrected chi connectivity index (χ1v) is 10.7. The standard InChI is InChI=1S/C23H33N5O2/c1-17(2)16-20(24-18(3)29)23-26-25-22-11-13-27(14-15-28(22)23)12-7-9-19-8-5-6-10-21(19)30-4/h5-10,17,20H,11-16H2,1-4H3,(H,24,29)/b9-7+. The van der Waals surface area contributed by atoms with Crippen LogP contribution in [0.1, 0.15) is 50.4 Å². The second-order valence-corrected chi connectivity index (χ2v) is 8.20. The molecule has 1 aliphatic heterocycles. The first kappa shape index (κ1) is 22.0. The molecule has 162 valence electrons. The monoisotopic (exact) mass is 411 g/mol. The lowest BCUT2D eigenvalue weighted by Gasteiger charge is -2.21. The van der Waals surface area contributed by atoms with Gasteiger partial charge in [-0.05, 0) is 18.4 Å². The van der Waals surface area contributed by atoms with E-state index in [4.69, 9.17) is 4.74 Å². The third kappa shape index (κ3) is 5.69. The van der Waals surface area contributed by atoms with Gasteiger partial charge in [0.05, 0.1) is 13.2 Å². The van der Waals surface area contributed by atoms with Crippen LogP contribution < -0.4 is 10.1 Å². The van der Waals surface area contributed by atoms with Crippen molar-refractivity contribution in [3.8, 4) is 5.75 Å². The summed E-state index contributed by atoms with van der Waals surface area (Å²) >= 11 is 0. The van der Waals surface area contributed by atoms with Crippen LogP contribution in [-0.2, 0) is 17.8 Å². The molecule has 1 aliphatic rings. The number of hydrogen-bond acceptors (Lipinski definition) is 5. The lowest BCUT2D eigenvalue weighted by Crippen LogP contribution is -2.31. The van der Waals surface area contributed by atoms with Gasteiger partial charge in [-0.2, -0.15) is 0 Å². The van der Waals surface area contributed by atoms with Gasteiger partial charge in [0.1, 0.15) is 11.6 Å². The van der Waals surface area contributed by atoms with E-state index in [-0.39, 0.29) is 11.9 Å². The molecule has 0 bridgehead atoms. The average Bonchev–Trinajstić information content (AvgIpc) is 3.01. The van der Waals surface area contributed by atoms with Crippen molar-refractivity contribution < 1.29 is 9.53 Å². The highest BCUT2D eigenvalue weighted by Gasteiger charge is 2.25. The van der Waals surface area contributed by atoms with E-state index in [0.717, 1.165) is 62.0 Å². The summed E-state index contributed by atoms with van der Waals surface area (Å²) < 4.78 is 7.62. The first-order chi connectivity index (χ1) is 14.5. The number of carbonyl (C=O) groups is 1. The van der Waals surface area contributed by atoms with Crippen molar-refractivity contribution >= 4 is 12.0 Å². The molecule has 7 nitrogen and oxygen atoms in total. The first-order valence-electron chi connectivity index (χ1n) is 10.7. The number of amides is 1. The van der Waals surface area contributed by atoms with Crippen LogP contribution in [0.4, 0.5) is 0 Å². The van der Waals surface area contributed by atoms with Gasteiger partial charge in [0, 0.05) is 45.1 Å². The Hall–Kier alpha value is -2.67. The van der Waals surface area contributed by atoms with Crippen LogP contribution in [0.25, 0.3) is 6.08 Å². The number of carbonyl (C=O) groups excluding carboxylic acids is 1. The van der Waals surface area contributed by atoms with Gasteiger partial charge >= 0.3 is 0 Å². The molecule has 0 spiro atoms. The zero-order valence-electron chi connectivity index (χ0n) is 18.5. The fourth-order valence-corrected chi connectivity index (χ4v) is 3.91. The fraction of sp³-hybridized carbons (Fsp3) is 0.522. The number of benzene rings is 1. The Balaban J connectivity index is 1.65. The molecular formula is C23H33N5O2. The Morgan fingerprint density at radius 3 is 2.77 bits per heavy atom. The molecule has 0 saturated heterocycles. The summed E-state index contributed by atoms with van der Waals surface area (Å²) in [5, 5.41) is 11.9. The molecule has 1 atom stereocenters. The minimum Gasteiger partial charge on any atom is -0.496 e. The second-order valence-electron chi connectivity index (χ2n) is 8.20. The Morgan fingerprint density at radius 2 is 2.03 bits per heavy atom. The Morgan fingerprint density at radius 1 is 1.23 bits per heavy atom. The molecule has 30 heavy (non-hydrogen) atoms. The van der Waals surface area contributed by atoms with Crippen LogP contribution in [0.3, 0.4) is 0 Å². The van der Waals surface area contributed by atoms with Gasteiger partial charge in [-0.15, -0.1) is 10.2 Å². The van der Waals surface area contributed by atoms with E-state index in [9.17, 15) is 4.79 Å². The highest BCUT2D eigenvalue weighted by atomic mass is 16.5. The number of aromatic nitrogens is 3. The summed E-state index contributed by atoms with van der Waals surface area (Å²) in [5.74, 6) is 3.18. The van der Waals surface area contributed by atoms with E-state index >= 15 is 0 Å². The molecule has 7 heteroatoms. The van der Waals surface area contributed by atoms with Crippen molar-refractivity contribution in [1.29, 1.82) is 0 Å². The lowest BCUT2D eigenvalue weighted by molar-refractivity contribution is -0.119. The number of nitrogens with one attached hydrogen (secondary N) is 1. The normalized spacial score (nSPS) is 15.8. The van der Waals surface area contributed by atoms with Gasteiger partial charge in [-0.1, -0.05) is 44.2 Å². The van der Waals surface area contributed by atoms with Crippen LogP contribution in [0, 0.1) is 5.92 Å². The number of para-hydroxylation sites is 1. The maximum atomic E-state index is 11.7. The molecular weight excluding hydrogens is 378 g/mol. The molecule has 0 aliphatic carbocycles. The largest absolute Gasteiger partial charge is 0.496 e. The Kier molecular flexibility index (Phi) is 7.63. The van der Waals surface area contributed by atoms with Crippen LogP contribution in [0.5, 0.6) is 5.75 Å². The summed E-state index contributed by atoms with van der Waals surface area (Å²) in [6, 6.07) is 7.93. The number of hydrogen-bond donors (Lipinski definition) is 1. The number of nitrogens with zero attached hydrogens (tertiary/aromatic N) is 4. The maximum Gasteiger partial charge on any atom is 0.217 e. The highest BCUT2D eigenvalue weighted by molar-refractivity contribution is 5.73. The third-order valence-corrected chi connectivity index (χ3v) is 5.34. The number of ether oxygens (including phenoxy) is 1. The molecule has 3 rings (SSSR count). The van der Waals surface area contributed by atoms with Gasteiger partial charge in [0.2, 0.25) is 5.91 Å². The topological polar surface area (TPSA) is 72.3 Å². The van der Waals surface area contributed by atoms with Crippen molar-refractivity contribution in [2.45, 2.75) is 46.2 Å². The van der Waals surface area contributed by atoms with Crippen molar-refractivity contribution in [2.24, 2.45) is 5.92 Å². The van der Waals surface area contributed by atoms with Crippen molar-refractivity contribution in [3.05, 3.63) is 47.6 Å². The molecule has 0 radical (unpaired) electrons. The van der Waals surface area contributed by atoms with E-state index in [1.807, 2.05) is 18.2 Å². The van der Waals surface area contributed by atoms with E-state index in [1.165, 1.54) is 0 Å². The SMILES string of the molecule is COc1ccccc1/C=C/CN1CCc2nnc(C(CC(C)C)NC(C)=O)n2CC1. The zero-order chi connectivity index (χ0) is 21.5. The van der Waals surface area contributed by atoms with E-state index in [2.05, 4.69) is 57.0 Å². The van der Waals surface area contributed by atoms with Gasteiger partial charge in [-0.3, -0.25) is 9.69 Å². The molecule has 0 fully saturated rings. The Bertz CT molecular complexity index is 874. The van der Waals surface area contributed by atoms with Crippen LogP contribution in [-0.4, -0.2) is 52.3 Å². The molecule has 1 aromatic heterocycles. The van der Waals surface area contributed by atoms with E-state index < -0.39 is 0 Å². The number of methoxy groups -OCH3 is 1. The maximum absolute atomic E-state index is 11.7. The van der Waals surface area contributed by atoms with Crippen molar-refractivity contribution in [1.82, 2.24) is 25.0 Å². The summed E-state index contributed by atoms with van der Waals surface area (Å²) in [5.41, 5.74) is 1.08. The summed E-state index contributed by atoms with van der Waals surface area (Å²) in [6.07, 6.45) is 6.00. The highest BCUT2D eigenvalue weighted by Crippen LogP contribution is 2.22.